The van der Waals surface area contributed by atoms with E-state index in [9.17, 15) is 9.59 Å². The minimum absolute atomic E-state index is 0.0324. The third-order valence-corrected chi connectivity index (χ3v) is 7.48. The topological polar surface area (TPSA) is 74.0 Å². The summed E-state index contributed by atoms with van der Waals surface area (Å²) in [4.78, 5) is 29.6. The van der Waals surface area contributed by atoms with Crippen LogP contribution in [0.5, 0.6) is 0 Å². The number of hydrogen-bond acceptors (Lipinski definition) is 2. The summed E-state index contributed by atoms with van der Waals surface area (Å²) < 4.78 is 0. The van der Waals surface area contributed by atoms with Gasteiger partial charge in [0.1, 0.15) is 6.04 Å². The molecule has 2 aliphatic carbocycles. The first-order valence-corrected chi connectivity index (χ1v) is 12.2. The summed E-state index contributed by atoms with van der Waals surface area (Å²) in [7, 11) is 0. The Morgan fingerprint density at radius 3 is 2.32 bits per heavy atom. The van der Waals surface area contributed by atoms with Gasteiger partial charge in [-0.1, -0.05) is 32.0 Å². The first kappa shape index (κ1) is 21.9. The van der Waals surface area contributed by atoms with E-state index in [1.165, 1.54) is 0 Å². The minimum atomic E-state index is -0.537. The van der Waals surface area contributed by atoms with E-state index in [2.05, 4.69) is 35.5 Å². The summed E-state index contributed by atoms with van der Waals surface area (Å²) in [5.74, 6) is 1.48. The second-order valence-corrected chi connectivity index (χ2v) is 10.0. The highest BCUT2D eigenvalue weighted by atomic mass is 16.2. The van der Waals surface area contributed by atoms with Crippen LogP contribution in [0.2, 0.25) is 0 Å². The number of aromatic nitrogens is 1. The van der Waals surface area contributed by atoms with Crippen LogP contribution in [0.25, 0.3) is 10.9 Å². The highest BCUT2D eigenvalue weighted by molar-refractivity contribution is 5.90. The van der Waals surface area contributed by atoms with Crippen LogP contribution in [0.3, 0.4) is 0 Å². The van der Waals surface area contributed by atoms with Crippen LogP contribution >= 0.6 is 0 Å². The zero-order chi connectivity index (χ0) is 21.8. The van der Waals surface area contributed by atoms with Gasteiger partial charge in [-0.3, -0.25) is 9.59 Å². The fraction of sp³-hybridized carbons (Fsp3) is 0.615. The molecule has 0 spiro atoms. The second-order valence-electron chi connectivity index (χ2n) is 10.0. The van der Waals surface area contributed by atoms with Crippen molar-refractivity contribution in [2.24, 2.45) is 17.8 Å². The van der Waals surface area contributed by atoms with Gasteiger partial charge < -0.3 is 15.6 Å². The average molecular weight is 424 g/mol. The average Bonchev–Trinajstić information content (AvgIpc) is 3.18. The van der Waals surface area contributed by atoms with Crippen molar-refractivity contribution in [2.75, 3.05) is 0 Å². The SMILES string of the molecule is CC1CCC(NC(=O)[C@@H](Cc2c[nH]c3ccccc23)NC(=O)C2CCC(C)CC2)CC1. The van der Waals surface area contributed by atoms with Crippen molar-refractivity contribution in [1.29, 1.82) is 0 Å². The molecule has 0 saturated heterocycles. The largest absolute Gasteiger partial charge is 0.361 e. The monoisotopic (exact) mass is 423 g/mol. The molecule has 5 heteroatoms. The number of hydrogen-bond donors (Lipinski definition) is 3. The van der Waals surface area contributed by atoms with Crippen LogP contribution in [0.15, 0.2) is 30.5 Å². The number of para-hydroxylation sites is 1. The van der Waals surface area contributed by atoms with Crippen molar-refractivity contribution < 1.29 is 9.59 Å². The third kappa shape index (κ3) is 5.50. The van der Waals surface area contributed by atoms with Gasteiger partial charge in [0, 0.05) is 35.5 Å². The smallest absolute Gasteiger partial charge is 0.243 e. The maximum Gasteiger partial charge on any atom is 0.243 e. The van der Waals surface area contributed by atoms with E-state index >= 15 is 0 Å². The Hall–Kier alpha value is -2.30. The van der Waals surface area contributed by atoms with Gasteiger partial charge in [-0.15, -0.1) is 0 Å². The lowest BCUT2D eigenvalue weighted by molar-refractivity contribution is -0.132. The maximum absolute atomic E-state index is 13.3. The molecule has 2 aromatic rings. The molecule has 0 unspecified atom stereocenters. The molecule has 0 bridgehead atoms. The second kappa shape index (κ2) is 9.88. The molecule has 168 valence electrons. The molecule has 2 fully saturated rings. The van der Waals surface area contributed by atoms with Crippen molar-refractivity contribution >= 4 is 22.7 Å². The van der Waals surface area contributed by atoms with Crippen molar-refractivity contribution in [2.45, 2.75) is 83.7 Å². The van der Waals surface area contributed by atoms with Gasteiger partial charge in [-0.25, -0.2) is 0 Å². The zero-order valence-corrected chi connectivity index (χ0v) is 19.0. The van der Waals surface area contributed by atoms with Gasteiger partial charge >= 0.3 is 0 Å². The molecule has 0 radical (unpaired) electrons. The highest BCUT2D eigenvalue weighted by Gasteiger charge is 2.30. The molecule has 31 heavy (non-hydrogen) atoms. The number of nitrogens with one attached hydrogen (secondary N) is 3. The van der Waals surface area contributed by atoms with E-state index < -0.39 is 6.04 Å². The molecular weight excluding hydrogens is 386 g/mol. The Bertz CT molecular complexity index is 889. The van der Waals surface area contributed by atoms with E-state index in [0.29, 0.717) is 12.3 Å². The molecule has 2 aliphatic rings. The summed E-state index contributed by atoms with van der Waals surface area (Å²) >= 11 is 0. The predicted molar refractivity (Wildman–Crippen MR) is 125 cm³/mol. The van der Waals surface area contributed by atoms with Gasteiger partial charge in [-0.05, 0) is 74.8 Å². The number of H-pyrrole nitrogens is 1. The van der Waals surface area contributed by atoms with Crippen molar-refractivity contribution in [3.8, 4) is 0 Å². The van der Waals surface area contributed by atoms with Crippen molar-refractivity contribution in [3.05, 3.63) is 36.0 Å². The van der Waals surface area contributed by atoms with E-state index in [-0.39, 0.29) is 23.8 Å². The standard InChI is InChI=1S/C26H37N3O2/c1-17-7-11-19(12-8-17)25(30)29-24(26(31)28-21-13-9-18(2)10-14-21)15-20-16-27-23-6-4-3-5-22(20)23/h3-6,16-19,21,24,27H,7-15H2,1-2H3,(H,28,31)(H,29,30)/t17?,18?,19?,21?,24-/m1/s1. The van der Waals surface area contributed by atoms with E-state index in [4.69, 9.17) is 0 Å². The number of amides is 2. The van der Waals surface area contributed by atoms with Gasteiger partial charge in [0.2, 0.25) is 11.8 Å². The molecule has 1 heterocycles. The zero-order valence-electron chi connectivity index (χ0n) is 19.0. The van der Waals surface area contributed by atoms with Crippen molar-refractivity contribution in [1.82, 2.24) is 15.6 Å². The van der Waals surface area contributed by atoms with Crippen LogP contribution in [0, 0.1) is 17.8 Å². The van der Waals surface area contributed by atoms with Crippen LogP contribution in [0.1, 0.15) is 70.8 Å². The Kier molecular flexibility index (Phi) is 6.99. The van der Waals surface area contributed by atoms with Gasteiger partial charge in [0.25, 0.3) is 0 Å². The predicted octanol–water partition coefficient (Wildman–Crippen LogP) is 4.72. The molecule has 1 atom stereocenters. The van der Waals surface area contributed by atoms with Gasteiger partial charge in [0.05, 0.1) is 0 Å². The molecular formula is C26H37N3O2. The minimum Gasteiger partial charge on any atom is -0.361 e. The maximum atomic E-state index is 13.3. The molecule has 1 aromatic carbocycles. The van der Waals surface area contributed by atoms with E-state index in [0.717, 1.165) is 73.8 Å². The number of benzene rings is 1. The summed E-state index contributed by atoms with van der Waals surface area (Å²) in [6.45, 7) is 4.54. The van der Waals surface area contributed by atoms with Gasteiger partial charge in [0.15, 0.2) is 0 Å². The highest BCUT2D eigenvalue weighted by Crippen LogP contribution is 2.29. The number of carbonyl (C=O) groups is 2. The lowest BCUT2D eigenvalue weighted by Crippen LogP contribution is -2.52. The normalized spacial score (nSPS) is 27.5. The Morgan fingerprint density at radius 2 is 1.61 bits per heavy atom. The lowest BCUT2D eigenvalue weighted by atomic mass is 9.82. The first-order chi connectivity index (χ1) is 15.0. The van der Waals surface area contributed by atoms with E-state index in [1.807, 2.05) is 24.4 Å². The number of rotatable bonds is 6. The van der Waals surface area contributed by atoms with Crippen molar-refractivity contribution in [3.63, 3.8) is 0 Å². The quantitative estimate of drug-likeness (QED) is 0.629. The number of aromatic amines is 1. The van der Waals surface area contributed by atoms with Gasteiger partial charge in [-0.2, -0.15) is 0 Å². The Balaban J connectivity index is 1.47. The Labute approximate surface area is 185 Å². The number of carbonyl (C=O) groups excluding carboxylic acids is 2. The lowest BCUT2D eigenvalue weighted by Gasteiger charge is -2.30. The molecule has 2 amide bonds. The molecule has 0 aliphatic heterocycles. The van der Waals surface area contributed by atoms with Crippen LogP contribution in [-0.4, -0.2) is 28.9 Å². The summed E-state index contributed by atoms with van der Waals surface area (Å²) in [6, 6.07) is 7.82. The summed E-state index contributed by atoms with van der Waals surface area (Å²) in [6.07, 6.45) is 10.9. The molecule has 1 aromatic heterocycles. The Morgan fingerprint density at radius 1 is 0.968 bits per heavy atom. The van der Waals surface area contributed by atoms with Crippen LogP contribution < -0.4 is 10.6 Å². The third-order valence-electron chi connectivity index (χ3n) is 7.48. The molecule has 4 rings (SSSR count). The van der Waals surface area contributed by atoms with Crippen LogP contribution in [-0.2, 0) is 16.0 Å². The first-order valence-electron chi connectivity index (χ1n) is 12.2. The van der Waals surface area contributed by atoms with Crippen LogP contribution in [0.4, 0.5) is 0 Å². The summed E-state index contributed by atoms with van der Waals surface area (Å²) in [5, 5.41) is 7.51. The fourth-order valence-electron chi connectivity index (χ4n) is 5.25. The summed E-state index contributed by atoms with van der Waals surface area (Å²) in [5.41, 5.74) is 2.14. The molecule has 3 N–H and O–H groups in total. The fourth-order valence-corrected chi connectivity index (χ4v) is 5.25. The van der Waals surface area contributed by atoms with E-state index in [1.54, 1.807) is 0 Å². The number of fused-ring (bicyclic) bond motifs is 1. The molecule has 5 nitrogen and oxygen atoms in total. The molecule has 2 saturated carbocycles.